The summed E-state index contributed by atoms with van der Waals surface area (Å²) >= 11 is 0. The number of carbonyl (C=O) groups is 1. The SMILES string of the molecule is NCC1(C(=O)Nc2ccc(CN3CCOCC3)cc2)CC1. The lowest BCUT2D eigenvalue weighted by Crippen LogP contribution is -2.35. The van der Waals surface area contributed by atoms with Crippen molar-refractivity contribution < 1.29 is 9.53 Å². The van der Waals surface area contributed by atoms with Crippen LogP contribution < -0.4 is 11.1 Å². The van der Waals surface area contributed by atoms with E-state index in [-0.39, 0.29) is 11.3 Å². The Morgan fingerprint density at radius 1 is 1.24 bits per heavy atom. The average Bonchev–Trinajstić information content (AvgIpc) is 3.31. The predicted octanol–water partition coefficient (Wildman–Crippen LogP) is 1.20. The van der Waals surface area contributed by atoms with Crippen LogP contribution in [0.2, 0.25) is 0 Å². The molecule has 114 valence electrons. The van der Waals surface area contributed by atoms with E-state index in [1.807, 2.05) is 12.1 Å². The zero-order valence-corrected chi connectivity index (χ0v) is 12.3. The predicted molar refractivity (Wildman–Crippen MR) is 81.9 cm³/mol. The third-order valence-electron chi connectivity index (χ3n) is 4.45. The van der Waals surface area contributed by atoms with E-state index in [1.165, 1.54) is 5.56 Å². The number of carbonyl (C=O) groups excluding carboxylic acids is 1. The zero-order valence-electron chi connectivity index (χ0n) is 12.3. The topological polar surface area (TPSA) is 67.6 Å². The highest BCUT2D eigenvalue weighted by molar-refractivity contribution is 5.97. The van der Waals surface area contributed by atoms with Crippen molar-refractivity contribution in [1.82, 2.24) is 4.90 Å². The number of hydrogen-bond acceptors (Lipinski definition) is 4. The van der Waals surface area contributed by atoms with Gasteiger partial charge in [-0.15, -0.1) is 0 Å². The van der Waals surface area contributed by atoms with Crippen LogP contribution in [0.1, 0.15) is 18.4 Å². The van der Waals surface area contributed by atoms with Crippen molar-refractivity contribution in [2.45, 2.75) is 19.4 Å². The molecule has 5 nitrogen and oxygen atoms in total. The van der Waals surface area contributed by atoms with Crippen LogP contribution >= 0.6 is 0 Å². The molecule has 21 heavy (non-hydrogen) atoms. The molecule has 1 aliphatic heterocycles. The van der Waals surface area contributed by atoms with E-state index in [0.29, 0.717) is 6.54 Å². The van der Waals surface area contributed by atoms with Crippen LogP contribution in [0.4, 0.5) is 5.69 Å². The summed E-state index contributed by atoms with van der Waals surface area (Å²) in [4.78, 5) is 14.5. The molecule has 0 bridgehead atoms. The molecule has 1 saturated carbocycles. The summed E-state index contributed by atoms with van der Waals surface area (Å²) in [5, 5.41) is 2.97. The first-order chi connectivity index (χ1) is 10.2. The molecule has 1 heterocycles. The first-order valence-electron chi connectivity index (χ1n) is 7.62. The highest BCUT2D eigenvalue weighted by Crippen LogP contribution is 2.45. The Morgan fingerprint density at radius 2 is 1.90 bits per heavy atom. The molecule has 1 amide bonds. The van der Waals surface area contributed by atoms with Crippen LogP contribution in [0, 0.1) is 5.41 Å². The van der Waals surface area contributed by atoms with Crippen molar-refractivity contribution in [1.29, 1.82) is 0 Å². The van der Waals surface area contributed by atoms with Crippen molar-refractivity contribution in [3.8, 4) is 0 Å². The number of nitrogens with one attached hydrogen (secondary N) is 1. The van der Waals surface area contributed by atoms with Gasteiger partial charge < -0.3 is 15.8 Å². The second-order valence-corrected chi connectivity index (χ2v) is 6.02. The fraction of sp³-hybridized carbons (Fsp3) is 0.562. The van der Waals surface area contributed by atoms with E-state index in [4.69, 9.17) is 10.5 Å². The Bertz CT molecular complexity index is 491. The van der Waals surface area contributed by atoms with Crippen LogP contribution in [0.3, 0.4) is 0 Å². The Hall–Kier alpha value is -1.43. The third kappa shape index (κ3) is 3.43. The minimum Gasteiger partial charge on any atom is -0.379 e. The van der Waals surface area contributed by atoms with Crippen LogP contribution in [0.15, 0.2) is 24.3 Å². The van der Waals surface area contributed by atoms with Gasteiger partial charge in [0.1, 0.15) is 0 Å². The number of ether oxygens (including phenoxy) is 1. The fourth-order valence-corrected chi connectivity index (χ4v) is 2.65. The zero-order chi connectivity index (χ0) is 14.7. The van der Waals surface area contributed by atoms with Gasteiger partial charge in [-0.2, -0.15) is 0 Å². The van der Waals surface area contributed by atoms with Crippen LogP contribution in [0.5, 0.6) is 0 Å². The van der Waals surface area contributed by atoms with E-state index < -0.39 is 0 Å². The first kappa shape index (κ1) is 14.5. The van der Waals surface area contributed by atoms with Gasteiger partial charge in [-0.1, -0.05) is 12.1 Å². The van der Waals surface area contributed by atoms with E-state index >= 15 is 0 Å². The smallest absolute Gasteiger partial charge is 0.231 e. The standard InChI is InChI=1S/C16H23N3O2/c17-12-16(5-6-16)15(20)18-14-3-1-13(2-4-14)11-19-7-9-21-10-8-19/h1-4H,5-12,17H2,(H,18,20). The van der Waals surface area contributed by atoms with E-state index in [0.717, 1.165) is 51.4 Å². The lowest BCUT2D eigenvalue weighted by atomic mass is 10.1. The molecule has 0 unspecified atom stereocenters. The maximum absolute atomic E-state index is 12.1. The Balaban J connectivity index is 1.55. The number of nitrogens with two attached hydrogens (primary N) is 1. The molecule has 3 rings (SSSR count). The summed E-state index contributed by atoms with van der Waals surface area (Å²) in [6.45, 7) is 4.97. The summed E-state index contributed by atoms with van der Waals surface area (Å²) in [5.41, 5.74) is 7.49. The number of rotatable bonds is 5. The molecule has 5 heteroatoms. The van der Waals surface area contributed by atoms with Crippen molar-refractivity contribution in [2.75, 3.05) is 38.2 Å². The Labute approximate surface area is 125 Å². The van der Waals surface area contributed by atoms with Crippen molar-refractivity contribution >= 4 is 11.6 Å². The molecule has 0 spiro atoms. The molecule has 1 aromatic rings. The molecular formula is C16H23N3O2. The van der Waals surface area contributed by atoms with Crippen LogP contribution in [-0.2, 0) is 16.1 Å². The van der Waals surface area contributed by atoms with Gasteiger partial charge in [0, 0.05) is 31.9 Å². The molecule has 0 aromatic heterocycles. The number of morpholine rings is 1. The summed E-state index contributed by atoms with van der Waals surface area (Å²) in [5.74, 6) is 0.0610. The minimum absolute atomic E-state index is 0.0610. The summed E-state index contributed by atoms with van der Waals surface area (Å²) in [7, 11) is 0. The number of amides is 1. The highest BCUT2D eigenvalue weighted by atomic mass is 16.5. The molecular weight excluding hydrogens is 266 g/mol. The number of anilines is 1. The molecule has 3 N–H and O–H groups in total. The highest BCUT2D eigenvalue weighted by Gasteiger charge is 2.48. The third-order valence-corrected chi connectivity index (χ3v) is 4.45. The van der Waals surface area contributed by atoms with Gasteiger partial charge in [0.15, 0.2) is 0 Å². The lowest BCUT2D eigenvalue weighted by Gasteiger charge is -2.26. The quantitative estimate of drug-likeness (QED) is 0.854. The van der Waals surface area contributed by atoms with Crippen molar-refractivity contribution in [2.24, 2.45) is 11.1 Å². The average molecular weight is 289 g/mol. The first-order valence-corrected chi connectivity index (χ1v) is 7.62. The molecule has 1 saturated heterocycles. The van der Waals surface area contributed by atoms with E-state index in [1.54, 1.807) is 0 Å². The second-order valence-electron chi connectivity index (χ2n) is 6.02. The summed E-state index contributed by atoms with van der Waals surface area (Å²) in [6, 6.07) is 8.10. The van der Waals surface area contributed by atoms with Gasteiger partial charge in [0.25, 0.3) is 0 Å². The van der Waals surface area contributed by atoms with Gasteiger partial charge in [-0.3, -0.25) is 9.69 Å². The van der Waals surface area contributed by atoms with Gasteiger partial charge in [-0.05, 0) is 30.5 Å². The Morgan fingerprint density at radius 3 is 2.48 bits per heavy atom. The molecule has 0 radical (unpaired) electrons. The molecule has 2 aliphatic rings. The molecule has 1 aromatic carbocycles. The van der Waals surface area contributed by atoms with E-state index in [2.05, 4.69) is 22.3 Å². The molecule has 2 fully saturated rings. The van der Waals surface area contributed by atoms with Crippen molar-refractivity contribution in [3.05, 3.63) is 29.8 Å². The molecule has 0 atom stereocenters. The number of hydrogen-bond donors (Lipinski definition) is 2. The monoisotopic (exact) mass is 289 g/mol. The number of nitrogens with zero attached hydrogens (tertiary/aromatic N) is 1. The fourth-order valence-electron chi connectivity index (χ4n) is 2.65. The van der Waals surface area contributed by atoms with Gasteiger partial charge in [0.05, 0.1) is 18.6 Å². The molecule has 1 aliphatic carbocycles. The van der Waals surface area contributed by atoms with Gasteiger partial charge in [-0.25, -0.2) is 0 Å². The Kier molecular flexibility index (Phi) is 4.24. The summed E-state index contributed by atoms with van der Waals surface area (Å²) < 4.78 is 5.35. The van der Waals surface area contributed by atoms with Gasteiger partial charge >= 0.3 is 0 Å². The normalized spacial score (nSPS) is 21.0. The summed E-state index contributed by atoms with van der Waals surface area (Å²) in [6.07, 6.45) is 1.81. The number of benzene rings is 1. The lowest BCUT2D eigenvalue weighted by molar-refractivity contribution is -0.120. The maximum atomic E-state index is 12.1. The van der Waals surface area contributed by atoms with Crippen LogP contribution in [0.25, 0.3) is 0 Å². The van der Waals surface area contributed by atoms with E-state index in [9.17, 15) is 4.79 Å². The maximum Gasteiger partial charge on any atom is 0.231 e. The minimum atomic E-state index is -0.299. The second kappa shape index (κ2) is 6.13. The van der Waals surface area contributed by atoms with Crippen LogP contribution in [-0.4, -0.2) is 43.7 Å². The largest absolute Gasteiger partial charge is 0.379 e. The van der Waals surface area contributed by atoms with Crippen molar-refractivity contribution in [3.63, 3.8) is 0 Å². The van der Waals surface area contributed by atoms with Gasteiger partial charge in [0.2, 0.25) is 5.91 Å².